The van der Waals surface area contributed by atoms with Crippen LogP contribution in [0, 0.1) is 17.3 Å². The quantitative estimate of drug-likeness (QED) is 0.292. The van der Waals surface area contributed by atoms with Crippen LogP contribution in [0.3, 0.4) is 0 Å². The Kier molecular flexibility index (Phi) is 5.27. The summed E-state index contributed by atoms with van der Waals surface area (Å²) in [5.74, 6) is -0.815. The highest BCUT2D eigenvalue weighted by molar-refractivity contribution is 6.02. The number of amidine groups is 1. The lowest BCUT2D eigenvalue weighted by Gasteiger charge is -2.23. The second-order valence-corrected chi connectivity index (χ2v) is 5.53. The largest absolute Gasteiger partial charge is 0.409 e. The average molecular weight is 229 g/mol. The summed E-state index contributed by atoms with van der Waals surface area (Å²) in [4.78, 5) is 11.8. The Labute approximate surface area is 97.1 Å². The van der Waals surface area contributed by atoms with Gasteiger partial charge < -0.3 is 16.3 Å². The van der Waals surface area contributed by atoms with Gasteiger partial charge in [-0.1, -0.05) is 39.8 Å². The van der Waals surface area contributed by atoms with Crippen LogP contribution in [0.15, 0.2) is 5.16 Å². The summed E-state index contributed by atoms with van der Waals surface area (Å²) < 4.78 is 0. The molecular formula is C11H23N3O2. The molecule has 0 aliphatic heterocycles. The van der Waals surface area contributed by atoms with Gasteiger partial charge in [-0.15, -0.1) is 0 Å². The molecule has 1 atom stereocenters. The van der Waals surface area contributed by atoms with Gasteiger partial charge in [0.05, 0.1) is 0 Å². The first kappa shape index (κ1) is 14.7. The number of amides is 1. The van der Waals surface area contributed by atoms with Crippen LogP contribution in [-0.2, 0) is 4.79 Å². The highest BCUT2D eigenvalue weighted by atomic mass is 16.4. The molecule has 0 fully saturated rings. The molecule has 0 spiro atoms. The second-order valence-electron chi connectivity index (χ2n) is 5.53. The first-order valence-corrected chi connectivity index (χ1v) is 5.44. The first-order valence-electron chi connectivity index (χ1n) is 5.44. The van der Waals surface area contributed by atoms with Crippen molar-refractivity contribution in [3.63, 3.8) is 0 Å². The molecule has 0 rings (SSSR count). The molecule has 0 aromatic carbocycles. The topological polar surface area (TPSA) is 87.7 Å². The Morgan fingerprint density at radius 2 is 1.94 bits per heavy atom. The van der Waals surface area contributed by atoms with Crippen LogP contribution in [0.4, 0.5) is 0 Å². The summed E-state index contributed by atoms with van der Waals surface area (Å²) in [6, 6.07) is 0. The van der Waals surface area contributed by atoms with Crippen LogP contribution in [0.5, 0.6) is 0 Å². The molecule has 1 amide bonds. The standard InChI is InChI=1S/C11H23N3O2/c1-7(2)8(9(12)14-16)10(15)13-6-11(3,4)5/h7-8,16H,6H2,1-5H3,(H2,12,14)(H,13,15). The summed E-state index contributed by atoms with van der Waals surface area (Å²) in [6.45, 7) is 10.4. The Bertz CT molecular complexity index is 267. The zero-order valence-electron chi connectivity index (χ0n) is 10.7. The van der Waals surface area contributed by atoms with E-state index in [-0.39, 0.29) is 23.1 Å². The average Bonchev–Trinajstić information content (AvgIpc) is 2.13. The Balaban J connectivity index is 4.54. The number of nitrogens with two attached hydrogens (primary N) is 1. The molecule has 0 heterocycles. The molecule has 0 radical (unpaired) electrons. The van der Waals surface area contributed by atoms with E-state index in [1.54, 1.807) is 0 Å². The van der Waals surface area contributed by atoms with Gasteiger partial charge in [0, 0.05) is 6.54 Å². The molecule has 0 aromatic heterocycles. The molecule has 0 aliphatic carbocycles. The third kappa shape index (κ3) is 5.00. The van der Waals surface area contributed by atoms with E-state index in [9.17, 15) is 4.79 Å². The van der Waals surface area contributed by atoms with Crippen LogP contribution < -0.4 is 11.1 Å². The van der Waals surface area contributed by atoms with Crippen molar-refractivity contribution in [3.8, 4) is 0 Å². The summed E-state index contributed by atoms with van der Waals surface area (Å²) in [5, 5.41) is 14.3. The van der Waals surface area contributed by atoms with Gasteiger partial charge in [-0.25, -0.2) is 0 Å². The monoisotopic (exact) mass is 229 g/mol. The van der Waals surface area contributed by atoms with Crippen molar-refractivity contribution in [2.45, 2.75) is 34.6 Å². The lowest BCUT2D eigenvalue weighted by Crippen LogP contribution is -2.44. The van der Waals surface area contributed by atoms with E-state index >= 15 is 0 Å². The molecule has 5 heteroatoms. The van der Waals surface area contributed by atoms with E-state index in [1.807, 2.05) is 34.6 Å². The smallest absolute Gasteiger partial charge is 0.231 e. The molecule has 4 N–H and O–H groups in total. The summed E-state index contributed by atoms with van der Waals surface area (Å²) in [6.07, 6.45) is 0. The minimum absolute atomic E-state index is 0.00383. The zero-order chi connectivity index (χ0) is 12.9. The van der Waals surface area contributed by atoms with Gasteiger partial charge in [0.15, 0.2) is 5.84 Å². The maximum absolute atomic E-state index is 11.8. The fourth-order valence-electron chi connectivity index (χ4n) is 1.30. The third-order valence-electron chi connectivity index (χ3n) is 2.18. The number of oxime groups is 1. The lowest BCUT2D eigenvalue weighted by molar-refractivity contribution is -0.124. The number of carbonyl (C=O) groups excluding carboxylic acids is 1. The van der Waals surface area contributed by atoms with Gasteiger partial charge in [0.25, 0.3) is 0 Å². The van der Waals surface area contributed by atoms with E-state index in [1.165, 1.54) is 0 Å². The second kappa shape index (κ2) is 5.72. The molecule has 0 aliphatic rings. The molecule has 0 saturated carbocycles. The van der Waals surface area contributed by atoms with Gasteiger partial charge in [-0.05, 0) is 11.3 Å². The highest BCUT2D eigenvalue weighted by Crippen LogP contribution is 2.14. The molecule has 94 valence electrons. The van der Waals surface area contributed by atoms with Crippen molar-refractivity contribution in [2.24, 2.45) is 28.1 Å². The fraction of sp³-hybridized carbons (Fsp3) is 0.818. The molecule has 16 heavy (non-hydrogen) atoms. The first-order chi connectivity index (χ1) is 7.19. The predicted octanol–water partition coefficient (Wildman–Crippen LogP) is 1.17. The minimum Gasteiger partial charge on any atom is -0.409 e. The van der Waals surface area contributed by atoms with Crippen molar-refractivity contribution >= 4 is 11.7 Å². The Hall–Kier alpha value is -1.26. The van der Waals surface area contributed by atoms with E-state index < -0.39 is 5.92 Å². The van der Waals surface area contributed by atoms with E-state index in [0.29, 0.717) is 6.54 Å². The summed E-state index contributed by atoms with van der Waals surface area (Å²) >= 11 is 0. The van der Waals surface area contributed by atoms with Gasteiger partial charge >= 0.3 is 0 Å². The molecule has 0 bridgehead atoms. The predicted molar refractivity (Wildman–Crippen MR) is 64.2 cm³/mol. The molecule has 1 unspecified atom stereocenters. The van der Waals surface area contributed by atoms with Gasteiger partial charge in [0.2, 0.25) is 5.91 Å². The van der Waals surface area contributed by atoms with Crippen LogP contribution in [-0.4, -0.2) is 23.5 Å². The van der Waals surface area contributed by atoms with E-state index in [4.69, 9.17) is 10.9 Å². The summed E-state index contributed by atoms with van der Waals surface area (Å²) in [5.41, 5.74) is 5.51. The van der Waals surface area contributed by atoms with Gasteiger partial charge in [-0.2, -0.15) is 0 Å². The molecule has 0 saturated heterocycles. The maximum atomic E-state index is 11.8. The van der Waals surface area contributed by atoms with Crippen LogP contribution in [0.25, 0.3) is 0 Å². The number of hydrogen-bond acceptors (Lipinski definition) is 3. The molecule has 5 nitrogen and oxygen atoms in total. The normalized spacial score (nSPS) is 15.0. The van der Waals surface area contributed by atoms with Crippen LogP contribution in [0.2, 0.25) is 0 Å². The number of nitrogens with zero attached hydrogens (tertiary/aromatic N) is 1. The molecule has 0 aromatic rings. The maximum Gasteiger partial charge on any atom is 0.231 e. The number of carbonyl (C=O) groups is 1. The lowest BCUT2D eigenvalue weighted by atomic mass is 9.92. The van der Waals surface area contributed by atoms with E-state index in [0.717, 1.165) is 0 Å². The third-order valence-corrected chi connectivity index (χ3v) is 2.18. The number of hydrogen-bond donors (Lipinski definition) is 3. The van der Waals surface area contributed by atoms with Crippen molar-refractivity contribution in [3.05, 3.63) is 0 Å². The number of nitrogens with one attached hydrogen (secondary N) is 1. The Morgan fingerprint density at radius 3 is 2.25 bits per heavy atom. The van der Waals surface area contributed by atoms with E-state index in [2.05, 4.69) is 10.5 Å². The SMILES string of the molecule is CC(C)C(C(=O)NCC(C)(C)C)C(N)=NO. The van der Waals surface area contributed by atoms with Crippen LogP contribution in [0.1, 0.15) is 34.6 Å². The van der Waals surface area contributed by atoms with Crippen molar-refractivity contribution in [1.29, 1.82) is 0 Å². The Morgan fingerprint density at radius 1 is 1.44 bits per heavy atom. The van der Waals surface area contributed by atoms with Crippen LogP contribution >= 0.6 is 0 Å². The highest BCUT2D eigenvalue weighted by Gasteiger charge is 2.27. The fourth-order valence-corrected chi connectivity index (χ4v) is 1.30. The summed E-state index contributed by atoms with van der Waals surface area (Å²) in [7, 11) is 0. The number of rotatable bonds is 4. The molecular weight excluding hydrogens is 206 g/mol. The van der Waals surface area contributed by atoms with Crippen molar-refractivity contribution in [1.82, 2.24) is 5.32 Å². The minimum atomic E-state index is -0.577. The van der Waals surface area contributed by atoms with Gasteiger partial charge in [0.1, 0.15) is 5.92 Å². The van der Waals surface area contributed by atoms with Crippen molar-refractivity contribution < 1.29 is 10.0 Å². The zero-order valence-corrected chi connectivity index (χ0v) is 10.7. The van der Waals surface area contributed by atoms with Crippen molar-refractivity contribution in [2.75, 3.05) is 6.54 Å². The van der Waals surface area contributed by atoms with Gasteiger partial charge in [-0.3, -0.25) is 4.79 Å².